The lowest BCUT2D eigenvalue weighted by Crippen LogP contribution is -2.36. The number of rotatable bonds is 2. The van der Waals surface area contributed by atoms with Crippen molar-refractivity contribution in [3.63, 3.8) is 0 Å². The highest BCUT2D eigenvalue weighted by atomic mass is 35.5. The molecule has 7 heteroatoms. The highest BCUT2D eigenvalue weighted by Gasteiger charge is 2.23. The molecule has 2 rings (SSSR count). The van der Waals surface area contributed by atoms with Crippen LogP contribution < -0.4 is 10.0 Å². The van der Waals surface area contributed by atoms with Gasteiger partial charge in [-0.05, 0) is 36.6 Å². The van der Waals surface area contributed by atoms with Crippen molar-refractivity contribution < 1.29 is 13.2 Å². The third-order valence-corrected chi connectivity index (χ3v) is 4.05. The quantitative estimate of drug-likeness (QED) is 0.819. The second kappa shape index (κ2) is 4.87. The molecule has 0 radical (unpaired) electrons. The van der Waals surface area contributed by atoms with Crippen LogP contribution in [-0.2, 0) is 21.2 Å². The molecule has 98 valence electrons. The van der Waals surface area contributed by atoms with Crippen LogP contribution in [0.25, 0.3) is 0 Å². The van der Waals surface area contributed by atoms with Gasteiger partial charge in [0.15, 0.2) is 0 Å². The van der Waals surface area contributed by atoms with Crippen LogP contribution in [0.1, 0.15) is 12.0 Å². The Kier molecular flexibility index (Phi) is 3.61. The van der Waals surface area contributed by atoms with Gasteiger partial charge in [-0.1, -0.05) is 0 Å². The number of carbonyl (C=O) groups excluding carboxylic acids is 1. The van der Waals surface area contributed by atoms with Crippen molar-refractivity contribution >= 4 is 33.2 Å². The van der Waals surface area contributed by atoms with E-state index < -0.39 is 10.0 Å². The Balaban J connectivity index is 2.46. The molecule has 0 saturated carbocycles. The van der Waals surface area contributed by atoms with E-state index in [1.54, 1.807) is 11.0 Å². The van der Waals surface area contributed by atoms with Crippen molar-refractivity contribution in [1.82, 2.24) is 0 Å². The summed E-state index contributed by atoms with van der Waals surface area (Å²) in [4.78, 5) is 13.3. The lowest BCUT2D eigenvalue weighted by atomic mass is 10.0. The molecule has 1 aromatic rings. The van der Waals surface area contributed by atoms with Crippen LogP contribution in [0.3, 0.4) is 0 Å². The maximum absolute atomic E-state index is 11.7. The number of amides is 1. The van der Waals surface area contributed by atoms with Crippen LogP contribution in [0, 0.1) is 0 Å². The van der Waals surface area contributed by atoms with E-state index in [1.807, 2.05) is 0 Å². The number of aryl methyl sites for hydroxylation is 1. The molecule has 1 aliphatic rings. The normalized spacial score (nSPS) is 15.3. The average molecular weight is 289 g/mol. The van der Waals surface area contributed by atoms with E-state index in [2.05, 4.69) is 0 Å². The molecule has 5 nitrogen and oxygen atoms in total. The molecule has 1 aliphatic heterocycles. The maximum atomic E-state index is 11.7. The molecule has 2 N–H and O–H groups in total. The average Bonchev–Trinajstić information content (AvgIpc) is 2.35. The number of carbonyl (C=O) groups is 1. The number of nitrogens with two attached hydrogens (primary N) is 1. The van der Waals surface area contributed by atoms with Crippen molar-refractivity contribution in [2.45, 2.75) is 17.7 Å². The summed E-state index contributed by atoms with van der Waals surface area (Å²) < 4.78 is 22.5. The van der Waals surface area contributed by atoms with Crippen molar-refractivity contribution in [3.05, 3.63) is 23.8 Å². The van der Waals surface area contributed by atoms with E-state index >= 15 is 0 Å². The molecule has 0 aliphatic carbocycles. The molecule has 1 amide bonds. The number of benzene rings is 1. The molecule has 18 heavy (non-hydrogen) atoms. The second-order valence-electron chi connectivity index (χ2n) is 4.12. The van der Waals surface area contributed by atoms with Crippen LogP contribution in [0.4, 0.5) is 5.69 Å². The first-order valence-electron chi connectivity index (χ1n) is 5.45. The third kappa shape index (κ3) is 2.50. The van der Waals surface area contributed by atoms with Gasteiger partial charge in [0.2, 0.25) is 15.9 Å². The summed E-state index contributed by atoms with van der Waals surface area (Å²) in [6.07, 6.45) is 1.51. The highest BCUT2D eigenvalue weighted by molar-refractivity contribution is 7.89. The monoisotopic (exact) mass is 288 g/mol. The zero-order valence-electron chi connectivity index (χ0n) is 9.60. The fraction of sp³-hybridized carbons (Fsp3) is 0.364. The summed E-state index contributed by atoms with van der Waals surface area (Å²) in [6, 6.07) is 4.55. The van der Waals surface area contributed by atoms with E-state index in [9.17, 15) is 13.2 Å². The number of hydrogen-bond donors (Lipinski definition) is 1. The Morgan fingerprint density at radius 2 is 2.17 bits per heavy atom. The van der Waals surface area contributed by atoms with E-state index in [0.717, 1.165) is 24.1 Å². The van der Waals surface area contributed by atoms with Gasteiger partial charge in [-0.15, -0.1) is 11.6 Å². The topological polar surface area (TPSA) is 80.5 Å². The van der Waals surface area contributed by atoms with Crippen molar-refractivity contribution in [3.8, 4) is 0 Å². The summed E-state index contributed by atoms with van der Waals surface area (Å²) in [5, 5.41) is 5.08. The van der Waals surface area contributed by atoms with E-state index in [-0.39, 0.29) is 16.7 Å². The first-order chi connectivity index (χ1) is 8.43. The standard InChI is InChI=1S/C11H13ClN2O3S/c12-7-11(15)14-5-1-2-8-6-9(18(13,16)17)3-4-10(8)14/h3-4,6H,1-2,5,7H2,(H2,13,16,17). The predicted octanol–water partition coefficient (Wildman–Crippen LogP) is 0.852. The summed E-state index contributed by atoms with van der Waals surface area (Å²) in [6.45, 7) is 0.604. The van der Waals surface area contributed by atoms with Crippen LogP contribution in [0.15, 0.2) is 23.1 Å². The zero-order valence-corrected chi connectivity index (χ0v) is 11.2. The molecule has 1 heterocycles. The third-order valence-electron chi connectivity index (χ3n) is 2.91. The largest absolute Gasteiger partial charge is 0.311 e. The number of sulfonamides is 1. The maximum Gasteiger partial charge on any atom is 0.241 e. The summed E-state index contributed by atoms with van der Waals surface area (Å²) >= 11 is 5.55. The van der Waals surface area contributed by atoms with Crippen molar-refractivity contribution in [2.75, 3.05) is 17.3 Å². The SMILES string of the molecule is NS(=O)(=O)c1ccc2c(c1)CCCN2C(=O)CCl. The van der Waals surface area contributed by atoms with Gasteiger partial charge in [0.25, 0.3) is 0 Å². The lowest BCUT2D eigenvalue weighted by Gasteiger charge is -2.29. The number of primary sulfonamides is 1. The second-order valence-corrected chi connectivity index (χ2v) is 5.95. The number of nitrogens with zero attached hydrogens (tertiary/aromatic N) is 1. The van der Waals surface area contributed by atoms with Crippen LogP contribution >= 0.6 is 11.6 Å². The van der Waals surface area contributed by atoms with E-state index in [4.69, 9.17) is 16.7 Å². The fourth-order valence-corrected chi connectivity index (χ4v) is 2.79. The van der Waals surface area contributed by atoms with Crippen LogP contribution in [-0.4, -0.2) is 26.7 Å². The first kappa shape index (κ1) is 13.3. The van der Waals surface area contributed by atoms with Gasteiger partial charge < -0.3 is 4.90 Å². The van der Waals surface area contributed by atoms with Crippen LogP contribution in [0.5, 0.6) is 0 Å². The zero-order chi connectivity index (χ0) is 13.3. The fourth-order valence-electron chi connectivity index (χ4n) is 2.08. The number of fused-ring (bicyclic) bond motifs is 1. The Bertz CT molecular complexity index is 586. The minimum atomic E-state index is -3.71. The minimum absolute atomic E-state index is 0.0708. The van der Waals surface area contributed by atoms with Crippen molar-refractivity contribution in [1.29, 1.82) is 0 Å². The molecule has 0 fully saturated rings. The Hall–Kier alpha value is -1.11. The van der Waals surface area contributed by atoms with Gasteiger partial charge in [-0.25, -0.2) is 13.6 Å². The Morgan fingerprint density at radius 1 is 1.44 bits per heavy atom. The number of alkyl halides is 1. The van der Waals surface area contributed by atoms with Crippen LogP contribution in [0.2, 0.25) is 0 Å². The summed E-state index contributed by atoms with van der Waals surface area (Å²) in [7, 11) is -3.71. The number of halogens is 1. The van der Waals surface area contributed by atoms with Gasteiger partial charge in [-0.3, -0.25) is 4.79 Å². The molecule has 1 aromatic carbocycles. The lowest BCUT2D eigenvalue weighted by molar-refractivity contribution is -0.116. The highest BCUT2D eigenvalue weighted by Crippen LogP contribution is 2.29. The Morgan fingerprint density at radius 3 is 2.78 bits per heavy atom. The van der Waals surface area contributed by atoms with Gasteiger partial charge in [0, 0.05) is 12.2 Å². The predicted molar refractivity (Wildman–Crippen MR) is 69.2 cm³/mol. The van der Waals surface area contributed by atoms with Gasteiger partial charge >= 0.3 is 0 Å². The molecule has 0 atom stereocenters. The van der Waals surface area contributed by atoms with Crippen molar-refractivity contribution in [2.24, 2.45) is 5.14 Å². The van der Waals surface area contributed by atoms with Gasteiger partial charge in [-0.2, -0.15) is 0 Å². The van der Waals surface area contributed by atoms with E-state index in [0.29, 0.717) is 6.54 Å². The number of hydrogen-bond acceptors (Lipinski definition) is 3. The molecule has 0 spiro atoms. The molecule has 0 saturated heterocycles. The molecule has 0 unspecified atom stereocenters. The van der Waals surface area contributed by atoms with E-state index in [1.165, 1.54) is 12.1 Å². The molecule has 0 bridgehead atoms. The van der Waals surface area contributed by atoms with Gasteiger partial charge in [0.05, 0.1) is 4.90 Å². The molecular formula is C11H13ClN2O3S. The smallest absolute Gasteiger partial charge is 0.241 e. The summed E-state index contributed by atoms with van der Waals surface area (Å²) in [5.41, 5.74) is 1.53. The number of anilines is 1. The first-order valence-corrected chi connectivity index (χ1v) is 7.53. The summed E-state index contributed by atoms with van der Waals surface area (Å²) in [5.74, 6) is -0.267. The Labute approximate surface area is 111 Å². The minimum Gasteiger partial charge on any atom is -0.311 e. The molecule has 0 aromatic heterocycles. The van der Waals surface area contributed by atoms with Gasteiger partial charge in [0.1, 0.15) is 5.88 Å². The molecular weight excluding hydrogens is 276 g/mol.